The average Bonchev–Trinajstić information content (AvgIpc) is 2.88. The third kappa shape index (κ3) is 1.16. The zero-order valence-electron chi connectivity index (χ0n) is 7.53. The molecule has 3 aromatic rings. The highest BCUT2D eigenvalue weighted by atomic mass is 32.1. The van der Waals surface area contributed by atoms with E-state index >= 15 is 0 Å². The maximum Gasteiger partial charge on any atom is 0.0348 e. The number of hydrogen-bond donors (Lipinski definition) is 1. The molecule has 0 saturated carbocycles. The minimum Gasteiger partial charge on any atom is -0.367 e. The second-order valence-corrected chi connectivity index (χ2v) is 4.22. The van der Waals surface area contributed by atoms with Gasteiger partial charge in [0.2, 0.25) is 0 Å². The van der Waals surface area contributed by atoms with Crippen molar-refractivity contribution >= 4 is 21.4 Å². The van der Waals surface area contributed by atoms with E-state index in [1.165, 1.54) is 21.2 Å². The Hall–Kier alpha value is -1.54. The summed E-state index contributed by atoms with van der Waals surface area (Å²) in [6.07, 6.45) is 3.97. The molecule has 0 atom stereocenters. The van der Waals surface area contributed by atoms with Gasteiger partial charge in [0, 0.05) is 17.1 Å². The van der Waals surface area contributed by atoms with E-state index in [2.05, 4.69) is 40.7 Å². The third-order valence-electron chi connectivity index (χ3n) is 2.39. The number of thiophene rings is 1. The van der Waals surface area contributed by atoms with Crippen molar-refractivity contribution in [3.8, 4) is 11.1 Å². The molecule has 68 valence electrons. The van der Waals surface area contributed by atoms with Crippen LogP contribution in [0.5, 0.6) is 0 Å². The molecular weight excluding hydrogens is 190 g/mol. The van der Waals surface area contributed by atoms with Gasteiger partial charge in [-0.15, -0.1) is 11.3 Å². The maximum absolute atomic E-state index is 3.07. The molecule has 1 nitrogen and oxygen atoms in total. The van der Waals surface area contributed by atoms with Gasteiger partial charge in [0.05, 0.1) is 0 Å². The standard InChI is InChI=1S/C12H9NS/c1-2-10(11-3-5-13-8-11)7-12-9(1)4-6-14-12/h1-8,13H. The second-order valence-electron chi connectivity index (χ2n) is 3.27. The monoisotopic (exact) mass is 199 g/mol. The number of benzene rings is 1. The molecule has 2 aromatic heterocycles. The van der Waals surface area contributed by atoms with Gasteiger partial charge < -0.3 is 4.98 Å². The first-order valence-electron chi connectivity index (χ1n) is 4.54. The quantitative estimate of drug-likeness (QED) is 0.612. The summed E-state index contributed by atoms with van der Waals surface area (Å²) in [5, 5.41) is 3.46. The summed E-state index contributed by atoms with van der Waals surface area (Å²) < 4.78 is 1.35. The Kier molecular flexibility index (Phi) is 1.67. The van der Waals surface area contributed by atoms with Gasteiger partial charge >= 0.3 is 0 Å². The highest BCUT2D eigenvalue weighted by molar-refractivity contribution is 7.17. The Morgan fingerprint density at radius 3 is 2.86 bits per heavy atom. The van der Waals surface area contributed by atoms with Crippen LogP contribution in [0.15, 0.2) is 48.1 Å². The Bertz CT molecular complexity index is 548. The summed E-state index contributed by atoms with van der Waals surface area (Å²) in [7, 11) is 0. The van der Waals surface area contributed by atoms with Gasteiger partial charge in [-0.1, -0.05) is 12.1 Å². The van der Waals surface area contributed by atoms with Crippen LogP contribution in [0, 0.1) is 0 Å². The molecule has 0 bridgehead atoms. The van der Waals surface area contributed by atoms with Gasteiger partial charge in [0.25, 0.3) is 0 Å². The van der Waals surface area contributed by atoms with E-state index in [0.29, 0.717) is 0 Å². The molecule has 0 amide bonds. The van der Waals surface area contributed by atoms with Crippen LogP contribution in [0.1, 0.15) is 0 Å². The Morgan fingerprint density at radius 2 is 2.00 bits per heavy atom. The largest absolute Gasteiger partial charge is 0.367 e. The number of nitrogens with one attached hydrogen (secondary N) is 1. The van der Waals surface area contributed by atoms with Crippen LogP contribution in [-0.2, 0) is 0 Å². The van der Waals surface area contributed by atoms with E-state index in [9.17, 15) is 0 Å². The first-order valence-corrected chi connectivity index (χ1v) is 5.42. The van der Waals surface area contributed by atoms with Gasteiger partial charge in [-0.2, -0.15) is 0 Å². The number of aromatic amines is 1. The molecule has 0 aliphatic rings. The van der Waals surface area contributed by atoms with E-state index in [4.69, 9.17) is 0 Å². The van der Waals surface area contributed by atoms with Crippen LogP contribution in [0.25, 0.3) is 21.2 Å². The van der Waals surface area contributed by atoms with Crippen LogP contribution >= 0.6 is 11.3 Å². The fourth-order valence-electron chi connectivity index (χ4n) is 1.64. The van der Waals surface area contributed by atoms with Gasteiger partial charge in [0.15, 0.2) is 0 Å². The molecule has 0 aliphatic carbocycles. The van der Waals surface area contributed by atoms with Crippen molar-refractivity contribution in [1.29, 1.82) is 0 Å². The van der Waals surface area contributed by atoms with Crippen molar-refractivity contribution in [3.63, 3.8) is 0 Å². The van der Waals surface area contributed by atoms with Crippen molar-refractivity contribution in [2.24, 2.45) is 0 Å². The van der Waals surface area contributed by atoms with Crippen molar-refractivity contribution in [2.75, 3.05) is 0 Å². The smallest absolute Gasteiger partial charge is 0.0348 e. The van der Waals surface area contributed by atoms with Crippen LogP contribution in [0.4, 0.5) is 0 Å². The van der Waals surface area contributed by atoms with Gasteiger partial charge in [0.1, 0.15) is 0 Å². The van der Waals surface area contributed by atoms with E-state index in [-0.39, 0.29) is 0 Å². The molecule has 2 heterocycles. The predicted octanol–water partition coefficient (Wildman–Crippen LogP) is 3.90. The molecule has 0 fully saturated rings. The summed E-state index contributed by atoms with van der Waals surface area (Å²) in [4.78, 5) is 3.07. The molecule has 3 rings (SSSR count). The normalized spacial score (nSPS) is 10.9. The number of hydrogen-bond acceptors (Lipinski definition) is 1. The lowest BCUT2D eigenvalue weighted by Crippen LogP contribution is -1.71. The molecule has 0 saturated heterocycles. The lowest BCUT2D eigenvalue weighted by molar-refractivity contribution is 1.41. The molecule has 0 spiro atoms. The minimum absolute atomic E-state index is 1.25. The summed E-state index contributed by atoms with van der Waals surface area (Å²) in [5.74, 6) is 0. The molecule has 1 aromatic carbocycles. The number of fused-ring (bicyclic) bond motifs is 1. The fourth-order valence-corrected chi connectivity index (χ4v) is 2.47. The lowest BCUT2D eigenvalue weighted by atomic mass is 10.1. The van der Waals surface area contributed by atoms with Crippen LogP contribution in [0.2, 0.25) is 0 Å². The van der Waals surface area contributed by atoms with E-state index < -0.39 is 0 Å². The molecule has 0 aliphatic heterocycles. The first-order chi connectivity index (χ1) is 6.93. The Labute approximate surface area is 86.0 Å². The predicted molar refractivity (Wildman–Crippen MR) is 61.6 cm³/mol. The van der Waals surface area contributed by atoms with Crippen molar-refractivity contribution in [2.45, 2.75) is 0 Å². The number of rotatable bonds is 1. The van der Waals surface area contributed by atoms with E-state index in [1.54, 1.807) is 11.3 Å². The first kappa shape index (κ1) is 7.83. The maximum atomic E-state index is 3.07. The Balaban J connectivity index is 2.23. The highest BCUT2D eigenvalue weighted by Gasteiger charge is 1.99. The topological polar surface area (TPSA) is 15.8 Å². The number of H-pyrrole nitrogens is 1. The summed E-state index contributed by atoms with van der Waals surface area (Å²) in [6, 6.07) is 10.8. The highest BCUT2D eigenvalue weighted by Crippen LogP contribution is 2.27. The number of aromatic nitrogens is 1. The van der Waals surface area contributed by atoms with Crippen molar-refractivity contribution in [1.82, 2.24) is 4.98 Å². The third-order valence-corrected chi connectivity index (χ3v) is 3.27. The van der Waals surface area contributed by atoms with Gasteiger partial charge in [-0.25, -0.2) is 0 Å². The molecule has 0 radical (unpaired) electrons. The van der Waals surface area contributed by atoms with Gasteiger partial charge in [-0.3, -0.25) is 0 Å². The zero-order chi connectivity index (χ0) is 9.38. The SMILES string of the molecule is c1cc(-c2ccc3ccsc3c2)c[nH]1. The van der Waals surface area contributed by atoms with E-state index in [0.717, 1.165) is 0 Å². The average molecular weight is 199 g/mol. The summed E-state index contributed by atoms with van der Waals surface area (Å²) in [5.41, 5.74) is 2.53. The molecular formula is C12H9NS. The molecule has 14 heavy (non-hydrogen) atoms. The lowest BCUT2D eigenvalue weighted by Gasteiger charge is -1.97. The zero-order valence-corrected chi connectivity index (χ0v) is 8.34. The fraction of sp³-hybridized carbons (Fsp3) is 0. The summed E-state index contributed by atoms with van der Waals surface area (Å²) in [6.45, 7) is 0. The van der Waals surface area contributed by atoms with E-state index in [1.807, 2.05) is 12.4 Å². The molecule has 1 N–H and O–H groups in total. The van der Waals surface area contributed by atoms with Gasteiger partial charge in [-0.05, 0) is 40.1 Å². The molecule has 0 unspecified atom stereocenters. The minimum atomic E-state index is 1.25. The van der Waals surface area contributed by atoms with Crippen LogP contribution in [-0.4, -0.2) is 4.98 Å². The molecule has 2 heteroatoms. The van der Waals surface area contributed by atoms with Crippen molar-refractivity contribution < 1.29 is 0 Å². The Morgan fingerprint density at radius 1 is 1.00 bits per heavy atom. The summed E-state index contributed by atoms with van der Waals surface area (Å²) >= 11 is 1.79. The van der Waals surface area contributed by atoms with Crippen molar-refractivity contribution in [3.05, 3.63) is 48.1 Å². The van der Waals surface area contributed by atoms with Crippen LogP contribution < -0.4 is 0 Å². The second kappa shape index (κ2) is 3.00. The van der Waals surface area contributed by atoms with Crippen LogP contribution in [0.3, 0.4) is 0 Å².